The summed E-state index contributed by atoms with van der Waals surface area (Å²) < 4.78 is 6.19. The van der Waals surface area contributed by atoms with Crippen molar-refractivity contribution in [3.8, 4) is 0 Å². The fourth-order valence-corrected chi connectivity index (χ4v) is 7.45. The van der Waals surface area contributed by atoms with Crippen molar-refractivity contribution >= 4 is 41.0 Å². The SMILES string of the molecule is CC1(C)[C@@H](C(=O)N[C@@H](CC2CCC(OCC3C(Cl)CCCC3Cl)CC2)C(N)=O)CCC[C@@]1(C)C(=O)O. The molecule has 0 saturated heterocycles. The highest BCUT2D eigenvalue weighted by atomic mass is 35.5. The highest BCUT2D eigenvalue weighted by molar-refractivity contribution is 6.24. The first-order chi connectivity index (χ1) is 16.9. The number of alkyl halides is 2. The lowest BCUT2D eigenvalue weighted by Gasteiger charge is -2.49. The predicted molar refractivity (Wildman–Crippen MR) is 141 cm³/mol. The van der Waals surface area contributed by atoms with E-state index in [1.54, 1.807) is 6.92 Å². The summed E-state index contributed by atoms with van der Waals surface area (Å²) in [5.41, 5.74) is 3.94. The molecule has 7 nitrogen and oxygen atoms in total. The summed E-state index contributed by atoms with van der Waals surface area (Å²) in [4.78, 5) is 37.5. The van der Waals surface area contributed by atoms with Crippen molar-refractivity contribution in [1.82, 2.24) is 5.32 Å². The third-order valence-electron chi connectivity index (χ3n) is 9.69. The average molecular weight is 548 g/mol. The van der Waals surface area contributed by atoms with Crippen molar-refractivity contribution in [2.75, 3.05) is 6.61 Å². The van der Waals surface area contributed by atoms with Crippen LogP contribution in [0.3, 0.4) is 0 Å². The topological polar surface area (TPSA) is 119 Å². The summed E-state index contributed by atoms with van der Waals surface area (Å²) in [6.07, 6.45) is 9.06. The maximum Gasteiger partial charge on any atom is 0.309 e. The highest BCUT2D eigenvalue weighted by Crippen LogP contribution is 2.53. The lowest BCUT2D eigenvalue weighted by atomic mass is 9.53. The summed E-state index contributed by atoms with van der Waals surface area (Å²) in [6.45, 7) is 5.99. The minimum atomic E-state index is -1.00. The molecule has 0 heterocycles. The number of halogens is 2. The minimum absolute atomic E-state index is 0.0695. The van der Waals surface area contributed by atoms with Gasteiger partial charge in [0.05, 0.1) is 18.1 Å². The van der Waals surface area contributed by atoms with Crippen LogP contribution in [0.5, 0.6) is 0 Å². The van der Waals surface area contributed by atoms with Crippen LogP contribution in [0.4, 0.5) is 0 Å². The first-order valence-corrected chi connectivity index (χ1v) is 14.5. The predicted octanol–water partition coefficient (Wildman–Crippen LogP) is 4.85. The zero-order valence-corrected chi connectivity index (χ0v) is 23.5. The van der Waals surface area contributed by atoms with Gasteiger partial charge in [0.15, 0.2) is 0 Å². The standard InChI is InChI=1S/C27H44Cl2N2O5/c1-26(2)19(6-5-13-27(26,3)25(34)35)24(33)31-22(23(30)32)14-16-9-11-17(12-10-16)36-15-18-20(28)7-4-8-21(18)29/h16-22H,4-15H2,1-3H3,(H2,30,32)(H,31,33)(H,34,35)/t16?,17?,18?,19-,20?,21?,22+,27+/m1/s1. The average Bonchev–Trinajstić information content (AvgIpc) is 2.80. The molecular weight excluding hydrogens is 503 g/mol. The number of rotatable bonds is 9. The smallest absolute Gasteiger partial charge is 0.309 e. The third-order valence-corrected chi connectivity index (χ3v) is 10.8. The maximum atomic E-state index is 13.3. The number of carboxylic acids is 1. The molecule has 0 radical (unpaired) electrons. The van der Waals surface area contributed by atoms with Gasteiger partial charge in [-0.1, -0.05) is 26.7 Å². The number of hydrogen-bond acceptors (Lipinski definition) is 4. The Kier molecular flexibility index (Phi) is 10.0. The van der Waals surface area contributed by atoms with E-state index in [1.807, 2.05) is 13.8 Å². The summed E-state index contributed by atoms with van der Waals surface area (Å²) >= 11 is 13.0. The van der Waals surface area contributed by atoms with Crippen molar-refractivity contribution in [3.05, 3.63) is 0 Å². The Morgan fingerprint density at radius 3 is 2.17 bits per heavy atom. The Morgan fingerprint density at radius 2 is 1.61 bits per heavy atom. The molecule has 3 fully saturated rings. The molecule has 2 unspecified atom stereocenters. The van der Waals surface area contributed by atoms with E-state index in [-0.39, 0.29) is 34.6 Å². The molecular formula is C27H44Cl2N2O5. The van der Waals surface area contributed by atoms with Crippen molar-refractivity contribution in [3.63, 3.8) is 0 Å². The molecule has 0 aromatic heterocycles. The van der Waals surface area contributed by atoms with Gasteiger partial charge in [-0.3, -0.25) is 14.4 Å². The molecule has 2 amide bonds. The quantitative estimate of drug-likeness (QED) is 0.357. The fourth-order valence-electron chi connectivity index (χ4n) is 6.57. The summed E-state index contributed by atoms with van der Waals surface area (Å²) in [7, 11) is 0. The van der Waals surface area contributed by atoms with E-state index in [2.05, 4.69) is 5.32 Å². The van der Waals surface area contributed by atoms with Gasteiger partial charge >= 0.3 is 5.97 Å². The van der Waals surface area contributed by atoms with E-state index in [1.165, 1.54) is 0 Å². The van der Waals surface area contributed by atoms with Crippen molar-refractivity contribution < 1.29 is 24.2 Å². The van der Waals surface area contributed by atoms with Gasteiger partial charge < -0.3 is 20.9 Å². The first-order valence-electron chi connectivity index (χ1n) is 13.6. The molecule has 3 aliphatic carbocycles. The van der Waals surface area contributed by atoms with Crippen molar-refractivity contribution in [2.45, 2.75) is 114 Å². The van der Waals surface area contributed by atoms with Gasteiger partial charge in [0, 0.05) is 22.6 Å². The van der Waals surface area contributed by atoms with Crippen LogP contribution in [0.25, 0.3) is 0 Å². The van der Waals surface area contributed by atoms with Gasteiger partial charge in [0.1, 0.15) is 6.04 Å². The van der Waals surface area contributed by atoms with Crippen LogP contribution in [0.2, 0.25) is 0 Å². The normalized spacial score (nSPS) is 37.6. The van der Waals surface area contributed by atoms with E-state index >= 15 is 0 Å². The number of carbonyl (C=O) groups is 3. The Balaban J connectivity index is 1.51. The van der Waals surface area contributed by atoms with Crippen LogP contribution in [0, 0.1) is 28.6 Å². The first kappa shape index (κ1) is 29.5. The molecule has 3 rings (SSSR count). The fraction of sp³-hybridized carbons (Fsp3) is 0.889. The van der Waals surface area contributed by atoms with Crippen molar-refractivity contribution in [2.24, 2.45) is 34.3 Å². The molecule has 0 aliphatic heterocycles. The number of hydrogen-bond donors (Lipinski definition) is 3. The Bertz CT molecular complexity index is 791. The Hall–Kier alpha value is -1.05. The monoisotopic (exact) mass is 546 g/mol. The molecule has 36 heavy (non-hydrogen) atoms. The number of primary amides is 1. The van der Waals surface area contributed by atoms with E-state index in [9.17, 15) is 19.5 Å². The lowest BCUT2D eigenvalue weighted by Crippen LogP contribution is -2.56. The molecule has 3 aliphatic rings. The number of nitrogens with two attached hydrogens (primary N) is 1. The molecule has 9 heteroatoms. The molecule has 206 valence electrons. The van der Waals surface area contributed by atoms with Gasteiger partial charge in [-0.05, 0) is 76.0 Å². The van der Waals surface area contributed by atoms with Gasteiger partial charge in [-0.15, -0.1) is 23.2 Å². The summed E-state index contributed by atoms with van der Waals surface area (Å²) in [5, 5.41) is 12.9. The number of aliphatic carboxylic acids is 1. The van der Waals surface area contributed by atoms with Crippen LogP contribution in [0.1, 0.15) is 91.4 Å². The molecule has 3 saturated carbocycles. The summed E-state index contributed by atoms with van der Waals surface area (Å²) in [5.74, 6) is -1.75. The molecule has 0 bridgehead atoms. The minimum Gasteiger partial charge on any atom is -0.481 e. The lowest BCUT2D eigenvalue weighted by molar-refractivity contribution is -0.166. The van der Waals surface area contributed by atoms with Gasteiger partial charge in [-0.2, -0.15) is 0 Å². The van der Waals surface area contributed by atoms with Gasteiger partial charge in [0.2, 0.25) is 11.8 Å². The van der Waals surface area contributed by atoms with Gasteiger partial charge in [0.25, 0.3) is 0 Å². The number of ether oxygens (including phenoxy) is 1. The van der Waals surface area contributed by atoms with Crippen LogP contribution in [-0.2, 0) is 19.1 Å². The third kappa shape index (κ3) is 6.50. The van der Waals surface area contributed by atoms with Crippen LogP contribution in [0.15, 0.2) is 0 Å². The number of nitrogens with one attached hydrogen (secondary N) is 1. The van der Waals surface area contributed by atoms with E-state index in [4.69, 9.17) is 33.7 Å². The van der Waals surface area contributed by atoms with Crippen molar-refractivity contribution in [1.29, 1.82) is 0 Å². The zero-order chi connectivity index (χ0) is 26.7. The van der Waals surface area contributed by atoms with Crippen LogP contribution >= 0.6 is 23.2 Å². The molecule has 0 spiro atoms. The van der Waals surface area contributed by atoms with E-state index in [0.29, 0.717) is 32.3 Å². The largest absolute Gasteiger partial charge is 0.481 e. The van der Waals surface area contributed by atoms with E-state index < -0.39 is 34.7 Å². The summed E-state index contributed by atoms with van der Waals surface area (Å²) in [6, 6.07) is -0.759. The highest BCUT2D eigenvalue weighted by Gasteiger charge is 2.55. The van der Waals surface area contributed by atoms with E-state index in [0.717, 1.165) is 44.9 Å². The Labute approximate surface area is 225 Å². The molecule has 4 N–H and O–H groups in total. The zero-order valence-electron chi connectivity index (χ0n) is 21.9. The maximum absolute atomic E-state index is 13.3. The number of carboxylic acid groups (broad SMARTS) is 1. The second-order valence-electron chi connectivity index (χ2n) is 12.1. The Morgan fingerprint density at radius 1 is 1.00 bits per heavy atom. The number of amides is 2. The molecule has 5 atom stereocenters. The van der Waals surface area contributed by atoms with Crippen LogP contribution < -0.4 is 11.1 Å². The van der Waals surface area contributed by atoms with Crippen LogP contribution in [-0.4, -0.2) is 52.4 Å². The second kappa shape index (κ2) is 12.2. The van der Waals surface area contributed by atoms with Gasteiger partial charge in [-0.25, -0.2) is 0 Å². The number of carbonyl (C=O) groups excluding carboxylic acids is 2. The molecule has 0 aromatic carbocycles. The molecule has 0 aromatic rings. The second-order valence-corrected chi connectivity index (χ2v) is 13.2.